The van der Waals surface area contributed by atoms with E-state index >= 15 is 0 Å². The molecule has 0 bridgehead atoms. The van der Waals surface area contributed by atoms with Crippen LogP contribution in [0.25, 0.3) is 0 Å². The summed E-state index contributed by atoms with van der Waals surface area (Å²) in [4.78, 5) is 28.4. The van der Waals surface area contributed by atoms with E-state index in [1.807, 2.05) is 34.6 Å². The summed E-state index contributed by atoms with van der Waals surface area (Å²) in [6.45, 7) is 15.3. The zero-order chi connectivity index (χ0) is 22.1. The van der Waals surface area contributed by atoms with Gasteiger partial charge >= 0.3 is 0 Å². The van der Waals surface area contributed by atoms with Gasteiger partial charge < -0.3 is 20.9 Å². The molecule has 1 heterocycles. The van der Waals surface area contributed by atoms with Crippen molar-refractivity contribution in [2.45, 2.75) is 73.0 Å². The Morgan fingerprint density at radius 2 is 1.90 bits per heavy atom. The highest BCUT2D eigenvalue weighted by atomic mass is 32.1. The summed E-state index contributed by atoms with van der Waals surface area (Å²) in [6, 6.07) is 0.466. The monoisotopic (exact) mass is 421 g/mol. The van der Waals surface area contributed by atoms with Crippen molar-refractivity contribution in [3.05, 3.63) is 0 Å². The van der Waals surface area contributed by atoms with Crippen molar-refractivity contribution in [2.24, 2.45) is 22.7 Å². The molecule has 3 N–H and O–H groups in total. The molecule has 1 aliphatic heterocycles. The van der Waals surface area contributed by atoms with Gasteiger partial charge in [-0.1, -0.05) is 41.5 Å². The summed E-state index contributed by atoms with van der Waals surface area (Å²) in [6.07, 6.45) is 0.531. The summed E-state index contributed by atoms with van der Waals surface area (Å²) in [5.41, 5.74) is -0.366. The first kappa shape index (κ1) is 23.4. The number of likely N-dealkylation sites (tertiary alicyclic amines) is 1. The lowest BCUT2D eigenvalue weighted by atomic mass is 9.85. The maximum atomic E-state index is 13.6. The molecule has 162 valence electrons. The Morgan fingerprint density at radius 1 is 1.28 bits per heavy atom. The molecule has 0 radical (unpaired) electrons. The number of carbonyl (C=O) groups is 2. The largest absolute Gasteiger partial charge is 0.363 e. The summed E-state index contributed by atoms with van der Waals surface area (Å²) >= 11 is 5.32. The predicted octanol–water partition coefficient (Wildman–Crippen LogP) is 1.79. The van der Waals surface area contributed by atoms with Gasteiger partial charge in [0.15, 0.2) is 5.11 Å². The third-order valence-corrected chi connectivity index (χ3v) is 6.63. The van der Waals surface area contributed by atoms with Crippen LogP contribution in [0.3, 0.4) is 0 Å². The average molecular weight is 422 g/mol. The maximum Gasteiger partial charge on any atom is 0.246 e. The quantitative estimate of drug-likeness (QED) is 0.566. The van der Waals surface area contributed by atoms with Crippen molar-refractivity contribution in [1.29, 1.82) is 5.26 Å². The summed E-state index contributed by atoms with van der Waals surface area (Å²) in [5.74, 6) is 0.0623. The molecule has 0 aromatic carbocycles. The van der Waals surface area contributed by atoms with Gasteiger partial charge in [-0.15, -0.1) is 0 Å². The van der Waals surface area contributed by atoms with Crippen LogP contribution in [0.4, 0.5) is 0 Å². The zero-order valence-corrected chi connectivity index (χ0v) is 19.4. The van der Waals surface area contributed by atoms with Gasteiger partial charge in [-0.05, 0) is 48.2 Å². The minimum atomic E-state index is -0.553. The van der Waals surface area contributed by atoms with E-state index in [1.165, 1.54) is 0 Å². The number of nitrogens with zero attached hydrogens (tertiary/aromatic N) is 2. The van der Waals surface area contributed by atoms with Crippen LogP contribution in [0.1, 0.15) is 54.9 Å². The van der Waals surface area contributed by atoms with E-state index in [-0.39, 0.29) is 23.1 Å². The molecule has 8 heteroatoms. The molecule has 0 aromatic rings. The molecule has 2 rings (SSSR count). The molecule has 0 spiro atoms. The molecule has 29 heavy (non-hydrogen) atoms. The van der Waals surface area contributed by atoms with Crippen molar-refractivity contribution in [3.63, 3.8) is 0 Å². The minimum absolute atomic E-state index is 0.0247. The highest BCUT2D eigenvalue weighted by Crippen LogP contribution is 2.65. The summed E-state index contributed by atoms with van der Waals surface area (Å²) in [5, 5.41) is 18.7. The molecule has 5 atom stereocenters. The number of fused-ring (bicyclic) bond motifs is 1. The molecule has 7 nitrogen and oxygen atoms in total. The number of rotatable bonds is 6. The SMILES string of the molecule is CCNC(=S)N[C@H](C(=O)N1C[C@H]2[C@@H]([C@H]1C(=O)N[C@H](C#N)CC)C2(C)C)C(C)(C)C. The lowest BCUT2D eigenvalue weighted by Gasteiger charge is -2.38. The van der Waals surface area contributed by atoms with E-state index in [1.54, 1.807) is 4.90 Å². The molecule has 2 amide bonds. The molecular formula is C21H35N5O2S. The number of carbonyl (C=O) groups excluding carboxylic acids is 2. The number of nitriles is 1. The van der Waals surface area contributed by atoms with Gasteiger partial charge in [-0.3, -0.25) is 9.59 Å². The highest BCUT2D eigenvalue weighted by Gasteiger charge is 2.69. The molecule has 2 fully saturated rings. The van der Waals surface area contributed by atoms with E-state index in [4.69, 9.17) is 12.2 Å². The van der Waals surface area contributed by atoms with Crippen molar-refractivity contribution >= 4 is 29.1 Å². The van der Waals surface area contributed by atoms with Crippen molar-refractivity contribution < 1.29 is 9.59 Å². The van der Waals surface area contributed by atoms with Crippen LogP contribution in [0, 0.1) is 34.0 Å². The zero-order valence-electron chi connectivity index (χ0n) is 18.6. The van der Waals surface area contributed by atoms with E-state index in [2.05, 4.69) is 35.9 Å². The second-order valence-corrected chi connectivity index (χ2v) is 10.2. The third-order valence-electron chi connectivity index (χ3n) is 6.37. The van der Waals surface area contributed by atoms with Gasteiger partial charge in [-0.2, -0.15) is 5.26 Å². The number of amides is 2. The van der Waals surface area contributed by atoms with Crippen LogP contribution in [-0.4, -0.2) is 53.0 Å². The fourth-order valence-electron chi connectivity index (χ4n) is 4.45. The first-order chi connectivity index (χ1) is 13.4. The van der Waals surface area contributed by atoms with Crippen molar-refractivity contribution in [1.82, 2.24) is 20.9 Å². The van der Waals surface area contributed by atoms with Crippen LogP contribution in [0.2, 0.25) is 0 Å². The van der Waals surface area contributed by atoms with Gasteiger partial charge in [-0.25, -0.2) is 0 Å². The van der Waals surface area contributed by atoms with Gasteiger partial charge in [0.25, 0.3) is 0 Å². The fourth-order valence-corrected chi connectivity index (χ4v) is 4.72. The maximum absolute atomic E-state index is 13.6. The van der Waals surface area contributed by atoms with E-state index in [9.17, 15) is 14.9 Å². The number of piperidine rings is 1. The lowest BCUT2D eigenvalue weighted by molar-refractivity contribution is -0.143. The Kier molecular flexibility index (Phi) is 6.83. The average Bonchev–Trinajstić information content (AvgIpc) is 2.97. The van der Waals surface area contributed by atoms with Crippen molar-refractivity contribution in [2.75, 3.05) is 13.1 Å². The number of nitrogens with one attached hydrogen (secondary N) is 3. The molecule has 1 aliphatic carbocycles. The third kappa shape index (κ3) is 4.66. The number of hydrogen-bond donors (Lipinski definition) is 3. The molecule has 1 saturated carbocycles. The van der Waals surface area contributed by atoms with Crippen LogP contribution in [0.15, 0.2) is 0 Å². The van der Waals surface area contributed by atoms with Crippen LogP contribution in [-0.2, 0) is 9.59 Å². The summed E-state index contributed by atoms with van der Waals surface area (Å²) in [7, 11) is 0. The lowest BCUT2D eigenvalue weighted by Crippen LogP contribution is -2.60. The summed E-state index contributed by atoms with van der Waals surface area (Å²) < 4.78 is 0. The van der Waals surface area contributed by atoms with Crippen LogP contribution < -0.4 is 16.0 Å². The first-order valence-electron chi connectivity index (χ1n) is 10.4. The van der Waals surface area contributed by atoms with Crippen LogP contribution in [0.5, 0.6) is 0 Å². The van der Waals surface area contributed by atoms with E-state index < -0.39 is 23.5 Å². The molecule has 0 aromatic heterocycles. The molecule has 0 unspecified atom stereocenters. The highest BCUT2D eigenvalue weighted by molar-refractivity contribution is 7.80. The smallest absolute Gasteiger partial charge is 0.246 e. The second-order valence-electron chi connectivity index (χ2n) is 9.79. The molecule has 1 saturated heterocycles. The topological polar surface area (TPSA) is 97.3 Å². The van der Waals surface area contributed by atoms with Gasteiger partial charge in [0.05, 0.1) is 6.07 Å². The number of thiocarbonyl (C=S) groups is 1. The Morgan fingerprint density at radius 3 is 2.38 bits per heavy atom. The van der Waals surface area contributed by atoms with Crippen LogP contribution >= 0.6 is 12.2 Å². The fraction of sp³-hybridized carbons (Fsp3) is 0.810. The van der Waals surface area contributed by atoms with E-state index in [0.717, 1.165) is 0 Å². The number of hydrogen-bond acceptors (Lipinski definition) is 4. The molecular weight excluding hydrogens is 386 g/mol. The minimum Gasteiger partial charge on any atom is -0.363 e. The standard InChI is InChI=1S/C21H35N5O2S/c1-8-12(10-22)24-17(27)15-14-13(21(14,6)7)11-26(15)18(28)16(20(3,4)5)25-19(29)23-9-2/h12-16H,8-9,11H2,1-7H3,(H,24,27)(H2,23,25,29)/t12-,13-,14-,15-,16+/m0/s1. The van der Waals surface area contributed by atoms with Gasteiger partial charge in [0, 0.05) is 13.1 Å². The Labute approximate surface area is 180 Å². The predicted molar refractivity (Wildman–Crippen MR) is 117 cm³/mol. The van der Waals surface area contributed by atoms with Gasteiger partial charge in [0.2, 0.25) is 11.8 Å². The van der Waals surface area contributed by atoms with Gasteiger partial charge in [0.1, 0.15) is 18.1 Å². The Bertz CT molecular complexity index is 709. The van der Waals surface area contributed by atoms with Crippen molar-refractivity contribution in [3.8, 4) is 6.07 Å². The van der Waals surface area contributed by atoms with E-state index in [0.29, 0.717) is 30.5 Å². The normalized spacial score (nSPS) is 26.6. The molecule has 2 aliphatic rings. The second kappa shape index (κ2) is 8.47. The first-order valence-corrected chi connectivity index (χ1v) is 10.9. The Balaban J connectivity index is 2.27. The Hall–Kier alpha value is -1.88.